The van der Waals surface area contributed by atoms with Gasteiger partial charge in [0.15, 0.2) is 6.61 Å². The van der Waals surface area contributed by atoms with Crippen LogP contribution in [0.15, 0.2) is 42.5 Å². The predicted molar refractivity (Wildman–Crippen MR) is 75.0 cm³/mol. The van der Waals surface area contributed by atoms with Crippen LogP contribution in [0.4, 0.5) is 10.1 Å². The molecule has 0 atom stereocenters. The number of carbonyl (C=O) groups is 2. The zero-order chi connectivity index (χ0) is 15.0. The average molecular weight is 298 g/mol. The second kappa shape index (κ2) is 8.12. The number of hydrogen-bond donors (Lipinski definition) is 1. The van der Waals surface area contributed by atoms with E-state index < -0.39 is 24.3 Å². The van der Waals surface area contributed by atoms with Gasteiger partial charge in [0, 0.05) is 11.8 Å². The molecule has 0 aliphatic carbocycles. The molecule has 0 fully saturated rings. The Hall–Kier alpha value is -2.14. The van der Waals surface area contributed by atoms with Crippen LogP contribution >= 0.6 is 11.6 Å². The van der Waals surface area contributed by atoms with E-state index in [1.54, 1.807) is 19.1 Å². The monoisotopic (exact) mass is 297 g/mol. The molecule has 6 heteroatoms. The molecule has 0 heterocycles. The second-order valence-electron chi connectivity index (χ2n) is 3.67. The second-order valence-corrected chi connectivity index (χ2v) is 4.08. The number of halogens is 2. The molecule has 0 unspecified atom stereocenters. The fourth-order valence-electron chi connectivity index (χ4n) is 1.20. The molecule has 1 N–H and O–H groups in total. The smallest absolute Gasteiger partial charge is 0.331 e. The Morgan fingerprint density at radius 1 is 1.40 bits per heavy atom. The topological polar surface area (TPSA) is 55.4 Å². The number of esters is 1. The number of benzene rings is 1. The van der Waals surface area contributed by atoms with Gasteiger partial charge in [-0.1, -0.05) is 29.8 Å². The van der Waals surface area contributed by atoms with E-state index in [4.69, 9.17) is 16.3 Å². The van der Waals surface area contributed by atoms with Crippen molar-refractivity contribution in [2.75, 3.05) is 11.9 Å². The number of nitrogens with one attached hydrogen (secondary N) is 1. The summed E-state index contributed by atoms with van der Waals surface area (Å²) < 4.78 is 17.6. The minimum Gasteiger partial charge on any atom is -0.452 e. The molecule has 0 aromatic heterocycles. The summed E-state index contributed by atoms with van der Waals surface area (Å²) in [6.45, 7) is 1.37. The minimum atomic E-state index is -0.629. The Bertz CT molecular complexity index is 555. The van der Waals surface area contributed by atoms with Crippen LogP contribution in [0.25, 0.3) is 0 Å². The van der Waals surface area contributed by atoms with Crippen molar-refractivity contribution in [2.45, 2.75) is 6.92 Å². The lowest BCUT2D eigenvalue weighted by Crippen LogP contribution is -2.20. The molecular weight excluding hydrogens is 285 g/mol. The van der Waals surface area contributed by atoms with Crippen LogP contribution in [0.5, 0.6) is 0 Å². The highest BCUT2D eigenvalue weighted by Crippen LogP contribution is 2.19. The van der Waals surface area contributed by atoms with Crippen LogP contribution < -0.4 is 5.32 Å². The molecule has 20 heavy (non-hydrogen) atoms. The van der Waals surface area contributed by atoms with E-state index in [2.05, 4.69) is 5.32 Å². The number of anilines is 1. The summed E-state index contributed by atoms with van der Waals surface area (Å²) in [6, 6.07) is 3.75. The SMILES string of the molecule is C/C=C/C=C/C(=O)OCC(=O)Nc1ccc(F)c(Cl)c1. The van der Waals surface area contributed by atoms with E-state index in [9.17, 15) is 14.0 Å². The fourth-order valence-corrected chi connectivity index (χ4v) is 1.38. The third-order valence-electron chi connectivity index (χ3n) is 2.08. The summed E-state index contributed by atoms with van der Waals surface area (Å²) in [4.78, 5) is 22.7. The number of ether oxygens (including phenoxy) is 1. The van der Waals surface area contributed by atoms with Crippen LogP contribution in [-0.4, -0.2) is 18.5 Å². The van der Waals surface area contributed by atoms with Gasteiger partial charge in [-0.05, 0) is 25.1 Å². The largest absolute Gasteiger partial charge is 0.452 e. The van der Waals surface area contributed by atoms with Crippen molar-refractivity contribution in [3.05, 3.63) is 53.3 Å². The predicted octanol–water partition coefficient (Wildman–Crippen LogP) is 3.09. The quantitative estimate of drug-likeness (QED) is 0.516. The molecule has 1 amide bonds. The zero-order valence-electron chi connectivity index (χ0n) is 10.7. The van der Waals surface area contributed by atoms with Gasteiger partial charge in [-0.25, -0.2) is 9.18 Å². The first-order valence-corrected chi connectivity index (χ1v) is 6.11. The summed E-state index contributed by atoms with van der Waals surface area (Å²) in [5, 5.41) is 2.32. The van der Waals surface area contributed by atoms with Crippen LogP contribution in [-0.2, 0) is 14.3 Å². The summed E-state index contributed by atoms with van der Waals surface area (Å²) in [5.41, 5.74) is 0.321. The van der Waals surface area contributed by atoms with Gasteiger partial charge in [-0.3, -0.25) is 4.79 Å². The van der Waals surface area contributed by atoms with Crippen molar-refractivity contribution in [1.82, 2.24) is 0 Å². The summed E-state index contributed by atoms with van der Waals surface area (Å²) in [6.07, 6.45) is 6.10. The normalized spacial score (nSPS) is 10.9. The third-order valence-corrected chi connectivity index (χ3v) is 2.37. The van der Waals surface area contributed by atoms with Gasteiger partial charge >= 0.3 is 5.97 Å². The van der Waals surface area contributed by atoms with Crippen LogP contribution in [0.3, 0.4) is 0 Å². The van der Waals surface area contributed by atoms with Gasteiger partial charge < -0.3 is 10.1 Å². The highest BCUT2D eigenvalue weighted by atomic mass is 35.5. The van der Waals surface area contributed by atoms with E-state index in [1.807, 2.05) is 0 Å². The van der Waals surface area contributed by atoms with Gasteiger partial charge in [-0.2, -0.15) is 0 Å². The van der Waals surface area contributed by atoms with E-state index >= 15 is 0 Å². The molecule has 1 aromatic carbocycles. The first kappa shape index (κ1) is 15.9. The number of carbonyl (C=O) groups excluding carboxylic acids is 2. The molecule has 0 saturated carbocycles. The number of allylic oxidation sites excluding steroid dienone is 3. The van der Waals surface area contributed by atoms with Gasteiger partial charge in [0.2, 0.25) is 0 Å². The Morgan fingerprint density at radius 2 is 2.15 bits per heavy atom. The number of rotatable bonds is 5. The fraction of sp³-hybridized carbons (Fsp3) is 0.143. The van der Waals surface area contributed by atoms with Gasteiger partial charge in [0.1, 0.15) is 5.82 Å². The molecule has 0 radical (unpaired) electrons. The number of hydrogen-bond acceptors (Lipinski definition) is 3. The van der Waals surface area contributed by atoms with Gasteiger partial charge in [0.25, 0.3) is 5.91 Å². The molecule has 4 nitrogen and oxygen atoms in total. The molecule has 0 aliphatic rings. The highest BCUT2D eigenvalue weighted by Gasteiger charge is 2.07. The van der Waals surface area contributed by atoms with E-state index in [0.717, 1.165) is 6.07 Å². The molecular formula is C14H13ClFNO3. The van der Waals surface area contributed by atoms with Crippen molar-refractivity contribution >= 4 is 29.2 Å². The van der Waals surface area contributed by atoms with Crippen molar-refractivity contribution in [2.24, 2.45) is 0 Å². The van der Waals surface area contributed by atoms with Crippen molar-refractivity contribution < 1.29 is 18.7 Å². The lowest BCUT2D eigenvalue weighted by atomic mass is 10.3. The first-order chi connectivity index (χ1) is 9.52. The van der Waals surface area contributed by atoms with E-state index in [1.165, 1.54) is 24.3 Å². The van der Waals surface area contributed by atoms with Crippen molar-refractivity contribution in [3.8, 4) is 0 Å². The van der Waals surface area contributed by atoms with Crippen molar-refractivity contribution in [3.63, 3.8) is 0 Å². The van der Waals surface area contributed by atoms with E-state index in [0.29, 0.717) is 5.69 Å². The Balaban J connectivity index is 2.44. The maximum absolute atomic E-state index is 12.9. The summed E-state index contributed by atoms with van der Waals surface area (Å²) >= 11 is 5.57. The molecule has 0 aliphatic heterocycles. The molecule has 106 valence electrons. The molecule has 0 saturated heterocycles. The maximum atomic E-state index is 12.9. The Kier molecular flexibility index (Phi) is 6.46. The molecule has 0 spiro atoms. The first-order valence-electron chi connectivity index (χ1n) is 5.74. The van der Waals surface area contributed by atoms with Gasteiger partial charge in [0.05, 0.1) is 5.02 Å². The molecule has 1 aromatic rings. The van der Waals surface area contributed by atoms with Crippen LogP contribution in [0.1, 0.15) is 6.92 Å². The maximum Gasteiger partial charge on any atom is 0.331 e. The Labute approximate surface area is 120 Å². The lowest BCUT2D eigenvalue weighted by molar-refractivity contribution is -0.142. The van der Waals surface area contributed by atoms with E-state index in [-0.39, 0.29) is 5.02 Å². The standard InChI is InChI=1S/C14H13ClFNO3/c1-2-3-4-5-14(19)20-9-13(18)17-10-6-7-12(16)11(15)8-10/h2-8H,9H2,1H3,(H,17,18)/b3-2+,5-4+. The molecule has 1 rings (SSSR count). The van der Waals surface area contributed by atoms with Gasteiger partial charge in [-0.15, -0.1) is 0 Å². The minimum absolute atomic E-state index is 0.103. The number of amides is 1. The zero-order valence-corrected chi connectivity index (χ0v) is 11.5. The van der Waals surface area contributed by atoms with Crippen molar-refractivity contribution in [1.29, 1.82) is 0 Å². The highest BCUT2D eigenvalue weighted by molar-refractivity contribution is 6.31. The summed E-state index contributed by atoms with van der Waals surface area (Å²) in [5.74, 6) is -1.75. The lowest BCUT2D eigenvalue weighted by Gasteiger charge is -2.06. The third kappa shape index (κ3) is 5.67. The Morgan fingerprint density at radius 3 is 2.80 bits per heavy atom. The van der Waals surface area contributed by atoms with Crippen LogP contribution in [0.2, 0.25) is 5.02 Å². The average Bonchev–Trinajstić information content (AvgIpc) is 2.41. The summed E-state index contributed by atoms with van der Waals surface area (Å²) in [7, 11) is 0. The molecule has 0 bridgehead atoms. The van der Waals surface area contributed by atoms with Crippen LogP contribution in [0, 0.1) is 5.82 Å².